The summed E-state index contributed by atoms with van der Waals surface area (Å²) in [5, 5.41) is 0. The molecule has 1 aliphatic rings. The van der Waals surface area contributed by atoms with E-state index in [0.717, 1.165) is 42.1 Å². The van der Waals surface area contributed by atoms with Crippen molar-refractivity contribution in [2.24, 2.45) is 0 Å². The standard InChI is InChI=1S/C20H26N2O3S/c1-17-7-9-18(10-8-17)16-26(23,24)22-13-11-21(12-14-22)15-19-5-3-4-6-20(19)25-2/h3-10H,11-16H2,1-2H3. The summed E-state index contributed by atoms with van der Waals surface area (Å²) in [6.07, 6.45) is 0. The number of nitrogens with zero attached hydrogens (tertiary/aromatic N) is 2. The molecule has 3 rings (SSSR count). The first-order chi connectivity index (χ1) is 12.5. The average Bonchev–Trinajstić information content (AvgIpc) is 2.64. The van der Waals surface area contributed by atoms with E-state index in [1.165, 1.54) is 0 Å². The number of rotatable bonds is 6. The van der Waals surface area contributed by atoms with E-state index >= 15 is 0 Å². The molecule has 0 aromatic heterocycles. The zero-order chi connectivity index (χ0) is 18.6. The van der Waals surface area contributed by atoms with Gasteiger partial charge in [-0.1, -0.05) is 48.0 Å². The molecule has 0 aliphatic carbocycles. The Hall–Kier alpha value is -1.89. The van der Waals surface area contributed by atoms with Crippen molar-refractivity contribution in [3.63, 3.8) is 0 Å². The van der Waals surface area contributed by atoms with E-state index < -0.39 is 10.0 Å². The summed E-state index contributed by atoms with van der Waals surface area (Å²) in [7, 11) is -1.60. The molecule has 1 fully saturated rings. The summed E-state index contributed by atoms with van der Waals surface area (Å²) < 4.78 is 32.4. The Bertz CT molecular complexity index is 826. The summed E-state index contributed by atoms with van der Waals surface area (Å²) >= 11 is 0. The third-order valence-electron chi connectivity index (χ3n) is 4.78. The smallest absolute Gasteiger partial charge is 0.218 e. The van der Waals surface area contributed by atoms with Gasteiger partial charge in [0, 0.05) is 38.3 Å². The first-order valence-corrected chi connectivity index (χ1v) is 10.5. The molecular formula is C20H26N2O3S. The minimum Gasteiger partial charge on any atom is -0.496 e. The molecule has 0 radical (unpaired) electrons. The fourth-order valence-electron chi connectivity index (χ4n) is 3.23. The molecule has 140 valence electrons. The number of benzene rings is 2. The Morgan fingerprint density at radius 3 is 2.27 bits per heavy atom. The van der Waals surface area contributed by atoms with E-state index in [9.17, 15) is 8.42 Å². The summed E-state index contributed by atoms with van der Waals surface area (Å²) in [5.41, 5.74) is 3.11. The van der Waals surface area contributed by atoms with E-state index in [2.05, 4.69) is 11.0 Å². The van der Waals surface area contributed by atoms with Crippen LogP contribution in [0.3, 0.4) is 0 Å². The highest BCUT2D eigenvalue weighted by molar-refractivity contribution is 7.88. The summed E-state index contributed by atoms with van der Waals surface area (Å²) in [4.78, 5) is 2.27. The summed E-state index contributed by atoms with van der Waals surface area (Å²) in [5.74, 6) is 0.946. The van der Waals surface area contributed by atoms with Gasteiger partial charge in [-0.25, -0.2) is 8.42 Å². The van der Waals surface area contributed by atoms with E-state index in [1.807, 2.05) is 49.4 Å². The fraction of sp³-hybridized carbons (Fsp3) is 0.400. The third kappa shape index (κ3) is 4.63. The lowest BCUT2D eigenvalue weighted by atomic mass is 10.2. The molecular weight excluding hydrogens is 348 g/mol. The lowest BCUT2D eigenvalue weighted by molar-refractivity contribution is 0.180. The second kappa shape index (κ2) is 8.20. The maximum atomic E-state index is 12.7. The molecule has 1 heterocycles. The van der Waals surface area contributed by atoms with Gasteiger partial charge >= 0.3 is 0 Å². The molecule has 1 aliphatic heterocycles. The fourth-order valence-corrected chi connectivity index (χ4v) is 4.74. The van der Waals surface area contributed by atoms with Crippen LogP contribution in [0.4, 0.5) is 0 Å². The molecule has 0 N–H and O–H groups in total. The van der Waals surface area contributed by atoms with Gasteiger partial charge in [-0.3, -0.25) is 4.90 Å². The monoisotopic (exact) mass is 374 g/mol. The molecule has 6 heteroatoms. The van der Waals surface area contributed by atoms with Crippen LogP contribution in [-0.4, -0.2) is 50.9 Å². The number of hydrogen-bond donors (Lipinski definition) is 0. The maximum absolute atomic E-state index is 12.7. The van der Waals surface area contributed by atoms with Crippen molar-refractivity contribution < 1.29 is 13.2 Å². The van der Waals surface area contributed by atoms with Crippen LogP contribution in [0.1, 0.15) is 16.7 Å². The molecule has 26 heavy (non-hydrogen) atoms. The molecule has 0 spiro atoms. The summed E-state index contributed by atoms with van der Waals surface area (Å²) in [6.45, 7) is 5.29. The highest BCUT2D eigenvalue weighted by Gasteiger charge is 2.27. The van der Waals surface area contributed by atoms with Crippen LogP contribution < -0.4 is 4.74 Å². The number of hydrogen-bond acceptors (Lipinski definition) is 4. The predicted molar refractivity (Wildman–Crippen MR) is 104 cm³/mol. The average molecular weight is 375 g/mol. The highest BCUT2D eigenvalue weighted by atomic mass is 32.2. The number of sulfonamides is 1. The largest absolute Gasteiger partial charge is 0.496 e. The van der Waals surface area contributed by atoms with Crippen LogP contribution in [0, 0.1) is 6.92 Å². The molecule has 0 bridgehead atoms. The quantitative estimate of drug-likeness (QED) is 0.780. The minimum absolute atomic E-state index is 0.0692. The maximum Gasteiger partial charge on any atom is 0.218 e. The second-order valence-corrected chi connectivity index (χ2v) is 8.70. The van der Waals surface area contributed by atoms with Crippen LogP contribution >= 0.6 is 0 Å². The van der Waals surface area contributed by atoms with E-state index in [1.54, 1.807) is 11.4 Å². The zero-order valence-electron chi connectivity index (χ0n) is 15.4. The van der Waals surface area contributed by atoms with Crippen molar-refractivity contribution in [3.05, 3.63) is 65.2 Å². The van der Waals surface area contributed by atoms with Gasteiger partial charge in [0.05, 0.1) is 12.9 Å². The normalized spacial score (nSPS) is 16.5. The SMILES string of the molecule is COc1ccccc1CN1CCN(S(=O)(=O)Cc2ccc(C)cc2)CC1. The van der Waals surface area contributed by atoms with Gasteiger partial charge in [0.1, 0.15) is 5.75 Å². The van der Waals surface area contributed by atoms with Crippen LogP contribution in [-0.2, 0) is 22.3 Å². The molecule has 2 aromatic rings. The molecule has 0 atom stereocenters. The van der Waals surface area contributed by atoms with Crippen molar-refractivity contribution in [3.8, 4) is 5.75 Å². The van der Waals surface area contributed by atoms with Crippen LogP contribution in [0.5, 0.6) is 5.75 Å². The van der Waals surface area contributed by atoms with Crippen molar-refractivity contribution in [1.82, 2.24) is 9.21 Å². The lowest BCUT2D eigenvalue weighted by Crippen LogP contribution is -2.48. The first-order valence-electron chi connectivity index (χ1n) is 8.85. The highest BCUT2D eigenvalue weighted by Crippen LogP contribution is 2.21. The Balaban J connectivity index is 1.58. The van der Waals surface area contributed by atoms with Gasteiger partial charge in [-0.15, -0.1) is 0 Å². The minimum atomic E-state index is -3.28. The summed E-state index contributed by atoms with van der Waals surface area (Å²) in [6, 6.07) is 15.7. The first kappa shape index (κ1) is 18.9. The number of para-hydroxylation sites is 1. The van der Waals surface area contributed by atoms with Gasteiger partial charge in [0.2, 0.25) is 10.0 Å². The molecule has 2 aromatic carbocycles. The van der Waals surface area contributed by atoms with Crippen LogP contribution in [0.2, 0.25) is 0 Å². The van der Waals surface area contributed by atoms with Crippen molar-refractivity contribution in [1.29, 1.82) is 0 Å². The number of aryl methyl sites for hydroxylation is 1. The van der Waals surface area contributed by atoms with Gasteiger partial charge in [-0.2, -0.15) is 4.31 Å². The van der Waals surface area contributed by atoms with Crippen LogP contribution in [0.15, 0.2) is 48.5 Å². The Morgan fingerprint density at radius 1 is 0.962 bits per heavy atom. The Kier molecular flexibility index (Phi) is 5.96. The van der Waals surface area contributed by atoms with E-state index in [4.69, 9.17) is 4.74 Å². The second-order valence-electron chi connectivity index (χ2n) is 6.73. The molecule has 0 saturated carbocycles. The molecule has 1 saturated heterocycles. The predicted octanol–water partition coefficient (Wildman–Crippen LogP) is 2.65. The van der Waals surface area contributed by atoms with Gasteiger partial charge in [0.25, 0.3) is 0 Å². The topological polar surface area (TPSA) is 49.9 Å². The van der Waals surface area contributed by atoms with Crippen LogP contribution in [0.25, 0.3) is 0 Å². The third-order valence-corrected chi connectivity index (χ3v) is 6.63. The van der Waals surface area contributed by atoms with Crippen molar-refractivity contribution >= 4 is 10.0 Å². The molecule has 0 amide bonds. The molecule has 0 unspecified atom stereocenters. The Morgan fingerprint density at radius 2 is 1.62 bits per heavy atom. The lowest BCUT2D eigenvalue weighted by Gasteiger charge is -2.34. The number of ether oxygens (including phenoxy) is 1. The Labute approximate surface area is 156 Å². The van der Waals surface area contributed by atoms with Gasteiger partial charge < -0.3 is 4.74 Å². The van der Waals surface area contributed by atoms with Crippen molar-refractivity contribution in [2.45, 2.75) is 19.2 Å². The number of methoxy groups -OCH3 is 1. The zero-order valence-corrected chi connectivity index (χ0v) is 16.2. The number of piperazine rings is 1. The van der Waals surface area contributed by atoms with E-state index in [-0.39, 0.29) is 5.75 Å². The van der Waals surface area contributed by atoms with Gasteiger partial charge in [0.15, 0.2) is 0 Å². The van der Waals surface area contributed by atoms with E-state index in [0.29, 0.717) is 13.1 Å². The molecule has 5 nitrogen and oxygen atoms in total. The van der Waals surface area contributed by atoms with Crippen molar-refractivity contribution in [2.75, 3.05) is 33.3 Å². The van der Waals surface area contributed by atoms with Gasteiger partial charge in [-0.05, 0) is 18.6 Å².